The minimum absolute atomic E-state index is 0.0875. The molecule has 2 aromatic rings. The SMILES string of the molecule is Cn1cc(COc2cccc(C#CCCO)c2)cn1. The van der Waals surface area contributed by atoms with Crippen molar-refractivity contribution in [3.63, 3.8) is 0 Å². The van der Waals surface area contributed by atoms with Crippen molar-refractivity contribution in [1.29, 1.82) is 0 Å². The Morgan fingerprint density at radius 3 is 3.05 bits per heavy atom. The lowest BCUT2D eigenvalue weighted by atomic mass is 10.2. The summed E-state index contributed by atoms with van der Waals surface area (Å²) in [6.45, 7) is 0.575. The highest BCUT2D eigenvalue weighted by Crippen LogP contribution is 2.14. The van der Waals surface area contributed by atoms with Gasteiger partial charge >= 0.3 is 0 Å². The molecule has 0 radical (unpaired) electrons. The molecule has 0 amide bonds. The van der Waals surface area contributed by atoms with Gasteiger partial charge in [-0.25, -0.2) is 0 Å². The number of aryl methyl sites for hydroxylation is 1. The minimum Gasteiger partial charge on any atom is -0.489 e. The van der Waals surface area contributed by atoms with E-state index in [1.807, 2.05) is 37.5 Å². The second kappa shape index (κ2) is 6.62. The van der Waals surface area contributed by atoms with E-state index in [-0.39, 0.29) is 6.61 Å². The fourth-order valence-electron chi connectivity index (χ4n) is 1.60. The van der Waals surface area contributed by atoms with Crippen LogP contribution >= 0.6 is 0 Å². The van der Waals surface area contributed by atoms with Crippen LogP contribution in [0.4, 0.5) is 0 Å². The Kier molecular flexibility index (Phi) is 4.60. The Bertz CT molecular complexity index is 593. The van der Waals surface area contributed by atoms with E-state index in [1.54, 1.807) is 10.9 Å². The van der Waals surface area contributed by atoms with E-state index in [1.165, 1.54) is 0 Å². The van der Waals surface area contributed by atoms with Crippen molar-refractivity contribution in [1.82, 2.24) is 9.78 Å². The molecule has 2 rings (SSSR count). The predicted octanol–water partition coefficient (Wildman–Crippen LogP) is 1.73. The molecule has 4 heteroatoms. The van der Waals surface area contributed by atoms with Gasteiger partial charge in [0.2, 0.25) is 0 Å². The summed E-state index contributed by atoms with van der Waals surface area (Å²) in [5, 5.41) is 12.8. The maximum Gasteiger partial charge on any atom is 0.121 e. The third-order valence-electron chi connectivity index (χ3n) is 2.47. The zero-order valence-corrected chi connectivity index (χ0v) is 10.8. The van der Waals surface area contributed by atoms with Gasteiger partial charge in [0.05, 0.1) is 12.8 Å². The molecule has 1 aromatic heterocycles. The molecule has 1 N–H and O–H groups in total. The first-order valence-electron chi connectivity index (χ1n) is 6.08. The van der Waals surface area contributed by atoms with Crippen molar-refractivity contribution in [2.45, 2.75) is 13.0 Å². The molecule has 1 heterocycles. The summed E-state index contributed by atoms with van der Waals surface area (Å²) < 4.78 is 7.43. The van der Waals surface area contributed by atoms with Crippen molar-refractivity contribution < 1.29 is 9.84 Å². The summed E-state index contributed by atoms with van der Waals surface area (Å²) in [4.78, 5) is 0. The van der Waals surface area contributed by atoms with Gasteiger partial charge in [-0.2, -0.15) is 5.10 Å². The molecule has 0 fully saturated rings. The molecular weight excluding hydrogens is 240 g/mol. The molecule has 0 aliphatic carbocycles. The van der Waals surface area contributed by atoms with Gasteiger partial charge in [-0.05, 0) is 18.2 Å². The number of aliphatic hydroxyl groups is 1. The van der Waals surface area contributed by atoms with E-state index < -0.39 is 0 Å². The lowest BCUT2D eigenvalue weighted by Gasteiger charge is -2.04. The van der Waals surface area contributed by atoms with Gasteiger partial charge in [0, 0.05) is 30.8 Å². The molecule has 0 aliphatic heterocycles. The highest BCUT2D eigenvalue weighted by atomic mass is 16.5. The van der Waals surface area contributed by atoms with Gasteiger partial charge < -0.3 is 9.84 Å². The molecule has 98 valence electrons. The van der Waals surface area contributed by atoms with Crippen LogP contribution in [0.1, 0.15) is 17.5 Å². The zero-order valence-electron chi connectivity index (χ0n) is 10.8. The standard InChI is InChI=1S/C15H16N2O2/c1-17-11-14(10-16-17)12-19-15-7-4-6-13(9-15)5-2-3-8-18/h4,6-7,9-11,18H,3,8,12H2,1H3. The third-order valence-corrected chi connectivity index (χ3v) is 2.47. The maximum absolute atomic E-state index is 8.68. The summed E-state index contributed by atoms with van der Waals surface area (Å²) in [5.74, 6) is 6.65. The Labute approximate surface area is 112 Å². The second-order valence-electron chi connectivity index (χ2n) is 4.11. The zero-order chi connectivity index (χ0) is 13.5. The van der Waals surface area contributed by atoms with E-state index in [0.717, 1.165) is 16.9 Å². The molecular formula is C15H16N2O2. The van der Waals surface area contributed by atoms with E-state index in [9.17, 15) is 0 Å². The summed E-state index contributed by atoms with van der Waals surface area (Å²) in [6.07, 6.45) is 4.19. The topological polar surface area (TPSA) is 47.3 Å². The Morgan fingerprint density at radius 1 is 1.42 bits per heavy atom. The van der Waals surface area contributed by atoms with Crippen LogP contribution < -0.4 is 4.74 Å². The van der Waals surface area contributed by atoms with Crippen molar-refractivity contribution in [3.8, 4) is 17.6 Å². The first-order valence-corrected chi connectivity index (χ1v) is 6.08. The molecule has 0 spiro atoms. The van der Waals surface area contributed by atoms with E-state index in [4.69, 9.17) is 9.84 Å². The quantitative estimate of drug-likeness (QED) is 0.847. The molecule has 4 nitrogen and oxygen atoms in total. The van der Waals surface area contributed by atoms with Crippen molar-refractivity contribution in [2.75, 3.05) is 6.61 Å². The van der Waals surface area contributed by atoms with Crippen molar-refractivity contribution >= 4 is 0 Å². The summed E-state index contributed by atoms with van der Waals surface area (Å²) in [5.41, 5.74) is 1.91. The third kappa shape index (κ3) is 4.16. The molecule has 0 atom stereocenters. The van der Waals surface area contributed by atoms with Crippen LogP contribution in [0.2, 0.25) is 0 Å². The fourth-order valence-corrected chi connectivity index (χ4v) is 1.60. The van der Waals surface area contributed by atoms with Crippen molar-refractivity contribution in [2.24, 2.45) is 7.05 Å². The molecule has 0 aliphatic rings. The second-order valence-corrected chi connectivity index (χ2v) is 4.11. The highest BCUT2D eigenvalue weighted by Gasteiger charge is 1.98. The number of nitrogens with zero attached hydrogens (tertiary/aromatic N) is 2. The lowest BCUT2D eigenvalue weighted by Crippen LogP contribution is -1.94. The molecule has 1 aromatic carbocycles. The monoisotopic (exact) mass is 256 g/mol. The average Bonchev–Trinajstić information content (AvgIpc) is 2.83. The number of aromatic nitrogens is 2. The number of benzene rings is 1. The van der Waals surface area contributed by atoms with Gasteiger partial charge in [-0.15, -0.1) is 0 Å². The molecule has 0 saturated carbocycles. The molecule has 0 unspecified atom stereocenters. The number of ether oxygens (including phenoxy) is 1. The van der Waals surface area contributed by atoms with Gasteiger partial charge in [0.1, 0.15) is 12.4 Å². The summed E-state index contributed by atoms with van der Waals surface area (Å²) in [7, 11) is 1.88. The van der Waals surface area contributed by atoms with E-state index >= 15 is 0 Å². The first kappa shape index (κ1) is 13.2. The smallest absolute Gasteiger partial charge is 0.121 e. The summed E-state index contributed by atoms with van der Waals surface area (Å²) in [6, 6.07) is 7.61. The van der Waals surface area contributed by atoms with Gasteiger partial charge in [-0.1, -0.05) is 17.9 Å². The van der Waals surface area contributed by atoms with Gasteiger partial charge in [-0.3, -0.25) is 4.68 Å². The van der Waals surface area contributed by atoms with Crippen molar-refractivity contribution in [3.05, 3.63) is 47.8 Å². The fraction of sp³-hybridized carbons (Fsp3) is 0.267. The van der Waals surface area contributed by atoms with Crippen LogP contribution in [0.15, 0.2) is 36.7 Å². The minimum atomic E-state index is 0.0875. The predicted molar refractivity (Wildman–Crippen MR) is 72.6 cm³/mol. The van der Waals surface area contributed by atoms with Crippen LogP contribution in [0, 0.1) is 11.8 Å². The number of hydrogen-bond donors (Lipinski definition) is 1. The first-order chi connectivity index (χ1) is 9.28. The van der Waals surface area contributed by atoms with E-state index in [2.05, 4.69) is 16.9 Å². The van der Waals surface area contributed by atoms with Crippen LogP contribution in [0.5, 0.6) is 5.75 Å². The molecule has 19 heavy (non-hydrogen) atoms. The molecule has 0 saturated heterocycles. The Morgan fingerprint density at radius 2 is 2.32 bits per heavy atom. The summed E-state index contributed by atoms with van der Waals surface area (Å²) >= 11 is 0. The lowest BCUT2D eigenvalue weighted by molar-refractivity contribution is 0.305. The Hall–Kier alpha value is -2.25. The van der Waals surface area contributed by atoms with Crippen LogP contribution in [-0.2, 0) is 13.7 Å². The van der Waals surface area contributed by atoms with Crippen LogP contribution in [0.25, 0.3) is 0 Å². The number of hydrogen-bond acceptors (Lipinski definition) is 3. The van der Waals surface area contributed by atoms with E-state index in [0.29, 0.717) is 13.0 Å². The number of rotatable bonds is 4. The van der Waals surface area contributed by atoms with Gasteiger partial charge in [0.25, 0.3) is 0 Å². The number of aliphatic hydroxyl groups excluding tert-OH is 1. The molecule has 0 bridgehead atoms. The van der Waals surface area contributed by atoms with Crippen LogP contribution in [-0.4, -0.2) is 21.5 Å². The normalized spacial score (nSPS) is 9.79. The van der Waals surface area contributed by atoms with Gasteiger partial charge in [0.15, 0.2) is 0 Å². The maximum atomic E-state index is 8.68. The average molecular weight is 256 g/mol. The van der Waals surface area contributed by atoms with Crippen LogP contribution in [0.3, 0.4) is 0 Å². The largest absolute Gasteiger partial charge is 0.489 e. The highest BCUT2D eigenvalue weighted by molar-refractivity contribution is 5.39. The Balaban J connectivity index is 1.97.